The summed E-state index contributed by atoms with van der Waals surface area (Å²) < 4.78 is 11.6. The maximum atomic E-state index is 10.9. The minimum atomic E-state index is -1.02. The Kier molecular flexibility index (Phi) is 4.70. The van der Waals surface area contributed by atoms with E-state index in [4.69, 9.17) is 20.3 Å². The standard InChI is InChI=1S/C15H14BrNO4/c1-20-13-5-2-9(6-11(13)16)8-21-14-7-10(15(18)19)3-4-12(14)17/h2-7H,8,17H2,1H3,(H,18,19). The van der Waals surface area contributed by atoms with Gasteiger partial charge in [-0.25, -0.2) is 4.79 Å². The van der Waals surface area contributed by atoms with Crippen molar-refractivity contribution in [2.24, 2.45) is 0 Å². The first-order valence-electron chi connectivity index (χ1n) is 6.09. The second kappa shape index (κ2) is 6.49. The van der Waals surface area contributed by atoms with Crippen molar-refractivity contribution in [3.05, 3.63) is 52.0 Å². The lowest BCUT2D eigenvalue weighted by molar-refractivity contribution is 0.0696. The Labute approximate surface area is 130 Å². The molecule has 21 heavy (non-hydrogen) atoms. The number of aromatic carboxylic acids is 1. The highest BCUT2D eigenvalue weighted by Crippen LogP contribution is 2.27. The molecule has 6 heteroatoms. The third-order valence-corrected chi connectivity index (χ3v) is 3.49. The molecule has 0 heterocycles. The van der Waals surface area contributed by atoms with Crippen molar-refractivity contribution in [1.29, 1.82) is 0 Å². The monoisotopic (exact) mass is 351 g/mol. The number of carboxylic acid groups (broad SMARTS) is 1. The Hall–Kier alpha value is -2.21. The Balaban J connectivity index is 2.14. The first kappa shape index (κ1) is 15.2. The van der Waals surface area contributed by atoms with Crippen LogP contribution in [0.2, 0.25) is 0 Å². The average molecular weight is 352 g/mol. The second-order valence-corrected chi connectivity index (χ2v) is 5.17. The number of carbonyl (C=O) groups is 1. The summed E-state index contributed by atoms with van der Waals surface area (Å²) in [7, 11) is 1.59. The zero-order valence-corrected chi connectivity index (χ0v) is 12.9. The number of rotatable bonds is 5. The molecule has 0 aliphatic carbocycles. The quantitative estimate of drug-likeness (QED) is 0.807. The number of ether oxygens (including phenoxy) is 2. The summed E-state index contributed by atoms with van der Waals surface area (Å²) in [4.78, 5) is 10.9. The van der Waals surface area contributed by atoms with Gasteiger partial charge in [0.05, 0.1) is 22.8 Å². The van der Waals surface area contributed by atoms with Crippen LogP contribution in [0.4, 0.5) is 5.69 Å². The SMILES string of the molecule is COc1ccc(COc2cc(C(=O)O)ccc2N)cc1Br. The number of hydrogen-bond donors (Lipinski definition) is 2. The number of anilines is 1. The van der Waals surface area contributed by atoms with Crippen LogP contribution in [0.1, 0.15) is 15.9 Å². The molecule has 0 bridgehead atoms. The van der Waals surface area contributed by atoms with E-state index in [0.717, 1.165) is 15.8 Å². The molecule has 0 spiro atoms. The van der Waals surface area contributed by atoms with Gasteiger partial charge >= 0.3 is 5.97 Å². The highest BCUT2D eigenvalue weighted by Gasteiger charge is 2.08. The lowest BCUT2D eigenvalue weighted by atomic mass is 10.2. The van der Waals surface area contributed by atoms with E-state index in [9.17, 15) is 4.79 Å². The molecule has 0 aliphatic heterocycles. The summed E-state index contributed by atoms with van der Waals surface area (Å²) >= 11 is 3.40. The Morgan fingerprint density at radius 2 is 2.00 bits per heavy atom. The minimum absolute atomic E-state index is 0.134. The molecule has 3 N–H and O–H groups in total. The molecule has 2 aromatic carbocycles. The van der Waals surface area contributed by atoms with Crippen LogP contribution in [0.5, 0.6) is 11.5 Å². The molecule has 0 aliphatic rings. The van der Waals surface area contributed by atoms with Crippen LogP contribution < -0.4 is 15.2 Å². The highest BCUT2D eigenvalue weighted by molar-refractivity contribution is 9.10. The molecule has 0 fully saturated rings. The summed E-state index contributed by atoms with van der Waals surface area (Å²) in [6, 6.07) is 9.92. The second-order valence-electron chi connectivity index (χ2n) is 4.32. The highest BCUT2D eigenvalue weighted by atomic mass is 79.9. The van der Waals surface area contributed by atoms with Gasteiger partial charge in [-0.1, -0.05) is 6.07 Å². The van der Waals surface area contributed by atoms with E-state index in [1.165, 1.54) is 18.2 Å². The molecule has 2 aromatic rings. The van der Waals surface area contributed by atoms with Crippen LogP contribution in [0.25, 0.3) is 0 Å². The maximum absolute atomic E-state index is 10.9. The van der Waals surface area contributed by atoms with Gasteiger partial charge in [0.25, 0.3) is 0 Å². The van der Waals surface area contributed by atoms with Crippen LogP contribution in [0.3, 0.4) is 0 Å². The van der Waals surface area contributed by atoms with E-state index in [-0.39, 0.29) is 12.2 Å². The minimum Gasteiger partial charge on any atom is -0.496 e. The zero-order valence-electron chi connectivity index (χ0n) is 11.3. The summed E-state index contributed by atoms with van der Waals surface area (Å²) in [5, 5.41) is 8.96. The fourth-order valence-electron chi connectivity index (χ4n) is 1.75. The molecule has 0 amide bonds. The van der Waals surface area contributed by atoms with Crippen molar-refractivity contribution in [2.45, 2.75) is 6.61 Å². The van der Waals surface area contributed by atoms with Gasteiger partial charge < -0.3 is 20.3 Å². The predicted octanol–water partition coefficient (Wildman–Crippen LogP) is 3.32. The number of halogens is 1. The number of benzene rings is 2. The van der Waals surface area contributed by atoms with Crippen LogP contribution >= 0.6 is 15.9 Å². The van der Waals surface area contributed by atoms with Gasteiger partial charge in [0, 0.05) is 0 Å². The van der Waals surface area contributed by atoms with Crippen molar-refractivity contribution in [3.8, 4) is 11.5 Å². The molecule has 0 atom stereocenters. The van der Waals surface area contributed by atoms with Crippen molar-refractivity contribution in [2.75, 3.05) is 12.8 Å². The van der Waals surface area contributed by atoms with E-state index in [1.807, 2.05) is 18.2 Å². The molecular formula is C15H14BrNO4. The number of carboxylic acids is 1. The van der Waals surface area contributed by atoms with Crippen LogP contribution in [-0.4, -0.2) is 18.2 Å². The first-order valence-corrected chi connectivity index (χ1v) is 6.88. The van der Waals surface area contributed by atoms with Crippen LogP contribution in [0.15, 0.2) is 40.9 Å². The van der Waals surface area contributed by atoms with Crippen molar-refractivity contribution >= 4 is 27.6 Å². The molecule has 0 aromatic heterocycles. The van der Waals surface area contributed by atoms with E-state index >= 15 is 0 Å². The van der Waals surface area contributed by atoms with Crippen molar-refractivity contribution in [1.82, 2.24) is 0 Å². The molecule has 5 nitrogen and oxygen atoms in total. The third kappa shape index (κ3) is 3.66. The molecule has 2 rings (SSSR count). The van der Waals surface area contributed by atoms with Crippen molar-refractivity contribution in [3.63, 3.8) is 0 Å². The number of nitrogens with two attached hydrogens (primary N) is 1. The smallest absolute Gasteiger partial charge is 0.335 e. The van der Waals surface area contributed by atoms with Gasteiger partial charge in [-0.2, -0.15) is 0 Å². The van der Waals surface area contributed by atoms with E-state index in [1.54, 1.807) is 7.11 Å². The normalized spacial score (nSPS) is 10.2. The van der Waals surface area contributed by atoms with Crippen LogP contribution in [-0.2, 0) is 6.61 Å². The summed E-state index contributed by atoms with van der Waals surface area (Å²) in [6.07, 6.45) is 0. The van der Waals surface area contributed by atoms with Gasteiger partial charge in [-0.05, 0) is 51.8 Å². The lowest BCUT2D eigenvalue weighted by Gasteiger charge is -2.11. The maximum Gasteiger partial charge on any atom is 0.335 e. The van der Waals surface area contributed by atoms with Gasteiger partial charge in [0.15, 0.2) is 0 Å². The Morgan fingerprint density at radius 1 is 1.24 bits per heavy atom. The van der Waals surface area contributed by atoms with Gasteiger partial charge in [-0.15, -0.1) is 0 Å². The van der Waals surface area contributed by atoms with Gasteiger partial charge in [-0.3, -0.25) is 0 Å². The molecule has 0 saturated heterocycles. The van der Waals surface area contributed by atoms with E-state index < -0.39 is 5.97 Å². The molecule has 0 unspecified atom stereocenters. The largest absolute Gasteiger partial charge is 0.496 e. The average Bonchev–Trinajstić information content (AvgIpc) is 2.46. The van der Waals surface area contributed by atoms with E-state index in [0.29, 0.717) is 11.4 Å². The topological polar surface area (TPSA) is 81.8 Å². The summed E-state index contributed by atoms with van der Waals surface area (Å²) in [6.45, 7) is 0.274. The Bertz CT molecular complexity index is 673. The van der Waals surface area contributed by atoms with Gasteiger partial charge in [0.1, 0.15) is 18.1 Å². The Morgan fingerprint density at radius 3 is 2.62 bits per heavy atom. The number of hydrogen-bond acceptors (Lipinski definition) is 4. The first-order chi connectivity index (χ1) is 10.0. The zero-order chi connectivity index (χ0) is 15.4. The lowest BCUT2D eigenvalue weighted by Crippen LogP contribution is -2.02. The molecule has 0 saturated carbocycles. The number of methoxy groups -OCH3 is 1. The van der Waals surface area contributed by atoms with E-state index in [2.05, 4.69) is 15.9 Å². The summed E-state index contributed by atoms with van der Waals surface area (Å²) in [5.74, 6) is 0.0556. The molecule has 110 valence electrons. The summed E-state index contributed by atoms with van der Waals surface area (Å²) in [5.41, 5.74) is 7.22. The predicted molar refractivity (Wildman–Crippen MR) is 82.8 cm³/mol. The molecule has 0 radical (unpaired) electrons. The molecular weight excluding hydrogens is 338 g/mol. The van der Waals surface area contributed by atoms with Gasteiger partial charge in [0.2, 0.25) is 0 Å². The number of nitrogen functional groups attached to an aromatic ring is 1. The van der Waals surface area contributed by atoms with Crippen molar-refractivity contribution < 1.29 is 19.4 Å². The van der Waals surface area contributed by atoms with Crippen LogP contribution in [0, 0.1) is 0 Å². The fourth-order valence-corrected chi connectivity index (χ4v) is 2.34. The fraction of sp³-hybridized carbons (Fsp3) is 0.133. The third-order valence-electron chi connectivity index (χ3n) is 2.87.